The van der Waals surface area contributed by atoms with Crippen molar-refractivity contribution in [2.75, 3.05) is 0 Å². The summed E-state index contributed by atoms with van der Waals surface area (Å²) < 4.78 is 0. The minimum atomic E-state index is 0.0299. The van der Waals surface area contributed by atoms with Crippen molar-refractivity contribution in [2.45, 2.75) is 13.2 Å². The Bertz CT molecular complexity index is 324. The minimum Gasteiger partial charge on any atom is -0.392 e. The van der Waals surface area contributed by atoms with Crippen molar-refractivity contribution < 1.29 is 5.11 Å². The van der Waals surface area contributed by atoms with E-state index >= 15 is 0 Å². The van der Waals surface area contributed by atoms with Crippen molar-refractivity contribution in [3.63, 3.8) is 0 Å². The molecule has 0 amide bonds. The number of guanidine groups is 1. The zero-order valence-electron chi connectivity index (χ0n) is 7.77. The summed E-state index contributed by atoms with van der Waals surface area (Å²) in [6.07, 6.45) is 0. The lowest BCUT2D eigenvalue weighted by Gasteiger charge is -2.01. The number of benzene rings is 1. The zero-order valence-corrected chi connectivity index (χ0v) is 7.77. The van der Waals surface area contributed by atoms with Gasteiger partial charge in [0.15, 0.2) is 0 Å². The van der Waals surface area contributed by atoms with E-state index in [0.29, 0.717) is 6.54 Å². The van der Waals surface area contributed by atoms with Gasteiger partial charge >= 0.3 is 0 Å². The fourth-order valence-corrected chi connectivity index (χ4v) is 1.05. The molecule has 0 saturated heterocycles. The molecule has 76 valence electrons. The molecule has 0 aromatic heterocycles. The molecule has 0 radical (unpaired) electrons. The molecule has 6 N–H and O–H groups in total. The van der Waals surface area contributed by atoms with Gasteiger partial charge in [-0.3, -0.25) is 5.43 Å². The highest BCUT2D eigenvalue weighted by Crippen LogP contribution is 2.06. The van der Waals surface area contributed by atoms with Gasteiger partial charge in [-0.05, 0) is 11.1 Å². The molecular formula is C9H14N4O. The lowest BCUT2D eigenvalue weighted by molar-refractivity contribution is 0.281. The lowest BCUT2D eigenvalue weighted by atomic mass is 10.1. The van der Waals surface area contributed by atoms with Gasteiger partial charge in [-0.1, -0.05) is 24.3 Å². The number of aliphatic imine (C=N–C) groups is 1. The number of aliphatic hydroxyl groups is 1. The zero-order chi connectivity index (χ0) is 10.4. The van der Waals surface area contributed by atoms with E-state index in [0.717, 1.165) is 11.1 Å². The Balaban J connectivity index is 2.67. The molecule has 0 heterocycles. The second-order valence-electron chi connectivity index (χ2n) is 2.82. The fourth-order valence-electron chi connectivity index (χ4n) is 1.05. The van der Waals surface area contributed by atoms with Crippen LogP contribution in [0, 0.1) is 0 Å². The molecule has 1 aromatic rings. The highest BCUT2D eigenvalue weighted by Gasteiger charge is 1.94. The SMILES string of the molecule is NNC(N)=NCc1cccc(CO)c1. The van der Waals surface area contributed by atoms with Gasteiger partial charge in [0.25, 0.3) is 0 Å². The van der Waals surface area contributed by atoms with Gasteiger partial charge in [-0.15, -0.1) is 0 Å². The first-order valence-electron chi connectivity index (χ1n) is 4.21. The van der Waals surface area contributed by atoms with Crippen molar-refractivity contribution in [2.24, 2.45) is 16.6 Å². The van der Waals surface area contributed by atoms with Crippen LogP contribution in [0.15, 0.2) is 29.3 Å². The minimum absolute atomic E-state index is 0.0299. The number of hydrogen-bond acceptors (Lipinski definition) is 3. The summed E-state index contributed by atoms with van der Waals surface area (Å²) in [5, 5.41) is 8.89. The van der Waals surface area contributed by atoms with E-state index in [1.54, 1.807) is 0 Å². The summed E-state index contributed by atoms with van der Waals surface area (Å²) >= 11 is 0. The van der Waals surface area contributed by atoms with Crippen molar-refractivity contribution in [3.05, 3.63) is 35.4 Å². The monoisotopic (exact) mass is 194 g/mol. The summed E-state index contributed by atoms with van der Waals surface area (Å²) in [6, 6.07) is 7.49. The van der Waals surface area contributed by atoms with Crippen molar-refractivity contribution in [3.8, 4) is 0 Å². The molecule has 5 heteroatoms. The second kappa shape index (κ2) is 5.21. The van der Waals surface area contributed by atoms with Crippen molar-refractivity contribution in [1.82, 2.24) is 5.43 Å². The third-order valence-corrected chi connectivity index (χ3v) is 1.75. The van der Waals surface area contributed by atoms with E-state index in [1.807, 2.05) is 24.3 Å². The average molecular weight is 194 g/mol. The summed E-state index contributed by atoms with van der Waals surface area (Å²) in [6.45, 7) is 0.478. The smallest absolute Gasteiger partial charge is 0.203 e. The van der Waals surface area contributed by atoms with E-state index in [4.69, 9.17) is 16.7 Å². The van der Waals surface area contributed by atoms with E-state index in [-0.39, 0.29) is 12.6 Å². The summed E-state index contributed by atoms with van der Waals surface area (Å²) in [5.74, 6) is 5.24. The van der Waals surface area contributed by atoms with Crippen LogP contribution < -0.4 is 17.0 Å². The Labute approximate surface area is 82.4 Å². The maximum absolute atomic E-state index is 8.89. The molecule has 0 saturated carbocycles. The number of rotatable bonds is 3. The largest absolute Gasteiger partial charge is 0.392 e. The van der Waals surface area contributed by atoms with Crippen LogP contribution in [0.25, 0.3) is 0 Å². The molecule has 0 bridgehead atoms. The summed E-state index contributed by atoms with van der Waals surface area (Å²) in [7, 11) is 0. The van der Waals surface area contributed by atoms with Crippen LogP contribution in [0.2, 0.25) is 0 Å². The van der Waals surface area contributed by atoms with E-state index in [9.17, 15) is 0 Å². The molecule has 0 atom stereocenters. The molecule has 0 aliphatic heterocycles. The first kappa shape index (κ1) is 10.5. The van der Waals surface area contributed by atoms with Crippen LogP contribution in [0.3, 0.4) is 0 Å². The highest BCUT2D eigenvalue weighted by atomic mass is 16.3. The molecule has 0 spiro atoms. The maximum atomic E-state index is 8.89. The first-order valence-corrected chi connectivity index (χ1v) is 4.21. The Morgan fingerprint density at radius 3 is 2.79 bits per heavy atom. The fraction of sp³-hybridized carbons (Fsp3) is 0.222. The number of hydrazine groups is 1. The molecule has 5 nitrogen and oxygen atoms in total. The highest BCUT2D eigenvalue weighted by molar-refractivity contribution is 5.77. The standard InChI is InChI=1S/C9H14N4O/c10-9(13-11)12-5-7-2-1-3-8(4-7)6-14/h1-4,14H,5-6,11H2,(H3,10,12,13). The van der Waals surface area contributed by atoms with Crippen molar-refractivity contribution in [1.29, 1.82) is 0 Å². The normalized spacial score (nSPS) is 11.4. The van der Waals surface area contributed by atoms with Crippen LogP contribution >= 0.6 is 0 Å². The maximum Gasteiger partial charge on any atom is 0.203 e. The van der Waals surface area contributed by atoms with Gasteiger partial charge in [-0.25, -0.2) is 10.8 Å². The topological polar surface area (TPSA) is 96.7 Å². The van der Waals surface area contributed by atoms with Gasteiger partial charge < -0.3 is 10.8 Å². The van der Waals surface area contributed by atoms with Crippen LogP contribution in [0.1, 0.15) is 11.1 Å². The van der Waals surface area contributed by atoms with Crippen LogP contribution in [0.5, 0.6) is 0 Å². The van der Waals surface area contributed by atoms with E-state index < -0.39 is 0 Å². The quantitative estimate of drug-likeness (QED) is 0.225. The Hall–Kier alpha value is -1.59. The van der Waals surface area contributed by atoms with Gasteiger partial charge in [0.1, 0.15) is 0 Å². The van der Waals surface area contributed by atoms with Crippen molar-refractivity contribution >= 4 is 5.96 Å². The lowest BCUT2D eigenvalue weighted by Crippen LogP contribution is -2.37. The number of aliphatic hydroxyl groups excluding tert-OH is 1. The molecule has 0 aliphatic carbocycles. The molecule has 0 fully saturated rings. The summed E-state index contributed by atoms with van der Waals surface area (Å²) in [5.41, 5.74) is 9.44. The average Bonchev–Trinajstić information content (AvgIpc) is 2.26. The third-order valence-electron chi connectivity index (χ3n) is 1.75. The van der Waals surface area contributed by atoms with Gasteiger partial charge in [-0.2, -0.15) is 0 Å². The summed E-state index contributed by atoms with van der Waals surface area (Å²) in [4.78, 5) is 3.96. The number of nitrogens with two attached hydrogens (primary N) is 2. The molecule has 0 aliphatic rings. The molecule has 14 heavy (non-hydrogen) atoms. The van der Waals surface area contributed by atoms with Gasteiger partial charge in [0.2, 0.25) is 5.96 Å². The van der Waals surface area contributed by atoms with Gasteiger partial charge in [0, 0.05) is 0 Å². The third kappa shape index (κ3) is 3.04. The molecule has 0 unspecified atom stereocenters. The Morgan fingerprint density at radius 1 is 1.43 bits per heavy atom. The molecule has 1 rings (SSSR count). The predicted molar refractivity (Wildman–Crippen MR) is 55.0 cm³/mol. The first-order chi connectivity index (χ1) is 6.76. The van der Waals surface area contributed by atoms with Crippen LogP contribution in [-0.4, -0.2) is 11.1 Å². The van der Waals surface area contributed by atoms with Crippen LogP contribution in [0.4, 0.5) is 0 Å². The molecular weight excluding hydrogens is 180 g/mol. The Kier molecular flexibility index (Phi) is 3.90. The second-order valence-corrected chi connectivity index (χ2v) is 2.82. The number of hydrogen-bond donors (Lipinski definition) is 4. The van der Waals surface area contributed by atoms with E-state index in [2.05, 4.69) is 10.4 Å². The predicted octanol–water partition coefficient (Wildman–Crippen LogP) is -0.543. The number of nitrogens with zero attached hydrogens (tertiary/aromatic N) is 1. The molecule has 1 aromatic carbocycles. The van der Waals surface area contributed by atoms with E-state index in [1.165, 1.54) is 0 Å². The number of nitrogens with one attached hydrogen (secondary N) is 1. The van der Waals surface area contributed by atoms with Crippen LogP contribution in [-0.2, 0) is 13.2 Å². The Morgan fingerprint density at radius 2 is 2.14 bits per heavy atom. The van der Waals surface area contributed by atoms with Gasteiger partial charge in [0.05, 0.1) is 13.2 Å².